The fourth-order valence-corrected chi connectivity index (χ4v) is 1.74. The first-order valence-electron chi connectivity index (χ1n) is 5.79. The van der Waals surface area contributed by atoms with Gasteiger partial charge in [0, 0.05) is 24.1 Å². The highest BCUT2D eigenvalue weighted by molar-refractivity contribution is 5.88. The van der Waals surface area contributed by atoms with E-state index >= 15 is 0 Å². The molecule has 0 aliphatic rings. The molecular formula is C15H15N3O. The van der Waals surface area contributed by atoms with Crippen molar-refractivity contribution in [2.45, 2.75) is 6.92 Å². The van der Waals surface area contributed by atoms with Crippen LogP contribution in [0.2, 0.25) is 0 Å². The molecule has 2 aromatic rings. The van der Waals surface area contributed by atoms with Crippen LogP contribution in [-0.4, -0.2) is 10.9 Å². The molecule has 0 bridgehead atoms. The molecule has 19 heavy (non-hydrogen) atoms. The zero-order valence-corrected chi connectivity index (χ0v) is 10.7. The minimum atomic E-state index is 0.119. The Kier molecular flexibility index (Phi) is 3.61. The number of hydrogen-bond donors (Lipinski definition) is 2. The molecule has 0 aliphatic heterocycles. The Morgan fingerprint density at radius 1 is 1.37 bits per heavy atom. The van der Waals surface area contributed by atoms with E-state index in [0.717, 1.165) is 22.2 Å². The maximum absolute atomic E-state index is 7.31. The molecular weight excluding hydrogens is 238 g/mol. The minimum absolute atomic E-state index is 0.119. The van der Waals surface area contributed by atoms with Gasteiger partial charge in [0.2, 0.25) is 0 Å². The van der Waals surface area contributed by atoms with Crippen LogP contribution in [0.25, 0.3) is 16.5 Å². The first-order chi connectivity index (χ1) is 9.10. The van der Waals surface area contributed by atoms with Crippen molar-refractivity contribution in [3.05, 3.63) is 55.4 Å². The molecule has 0 atom stereocenters. The summed E-state index contributed by atoms with van der Waals surface area (Å²) in [6.45, 7) is 9.00. The lowest BCUT2D eigenvalue weighted by molar-refractivity contribution is 0.500. The second-order valence-electron chi connectivity index (χ2n) is 4.06. The summed E-state index contributed by atoms with van der Waals surface area (Å²) in [6, 6.07) is 7.72. The molecule has 0 aliphatic carbocycles. The van der Waals surface area contributed by atoms with Crippen molar-refractivity contribution in [3.8, 4) is 0 Å². The van der Waals surface area contributed by atoms with Crippen LogP contribution in [0.4, 0.5) is 5.82 Å². The average Bonchev–Trinajstić information content (AvgIpc) is 2.37. The van der Waals surface area contributed by atoms with E-state index in [-0.39, 0.29) is 5.90 Å². The zero-order chi connectivity index (χ0) is 13.8. The lowest BCUT2D eigenvalue weighted by Gasteiger charge is -2.08. The van der Waals surface area contributed by atoms with E-state index in [4.69, 9.17) is 10.1 Å². The summed E-state index contributed by atoms with van der Waals surface area (Å²) in [6.07, 6.45) is 3.37. The predicted octanol–water partition coefficient (Wildman–Crippen LogP) is 3.77. The predicted molar refractivity (Wildman–Crippen MR) is 79.1 cm³/mol. The van der Waals surface area contributed by atoms with Crippen LogP contribution in [-0.2, 0) is 4.74 Å². The Morgan fingerprint density at radius 2 is 2.16 bits per heavy atom. The molecule has 0 saturated carbocycles. The smallest absolute Gasteiger partial charge is 0.184 e. The molecule has 0 fully saturated rings. The summed E-state index contributed by atoms with van der Waals surface area (Å²) in [5.41, 5.74) is 0.842. The lowest BCUT2D eigenvalue weighted by atomic mass is 10.1. The fourth-order valence-electron chi connectivity index (χ4n) is 1.74. The van der Waals surface area contributed by atoms with Crippen molar-refractivity contribution in [1.29, 1.82) is 5.41 Å². The van der Waals surface area contributed by atoms with Crippen molar-refractivity contribution in [2.24, 2.45) is 0 Å². The second kappa shape index (κ2) is 5.35. The number of rotatable bonds is 4. The van der Waals surface area contributed by atoms with Crippen LogP contribution in [0.1, 0.15) is 12.5 Å². The summed E-state index contributed by atoms with van der Waals surface area (Å²) < 4.78 is 5.20. The summed E-state index contributed by atoms with van der Waals surface area (Å²) >= 11 is 0. The largest absolute Gasteiger partial charge is 0.444 e. The van der Waals surface area contributed by atoms with E-state index in [1.165, 1.54) is 0 Å². The normalized spacial score (nSPS) is 9.95. The van der Waals surface area contributed by atoms with Crippen LogP contribution in [0.5, 0.6) is 0 Å². The van der Waals surface area contributed by atoms with Gasteiger partial charge in [-0.15, -0.1) is 0 Å². The lowest BCUT2D eigenvalue weighted by Crippen LogP contribution is -1.96. The number of ether oxygens (including phenoxy) is 1. The van der Waals surface area contributed by atoms with Gasteiger partial charge in [-0.3, -0.25) is 5.41 Å². The van der Waals surface area contributed by atoms with Gasteiger partial charge in [-0.1, -0.05) is 25.3 Å². The molecule has 0 unspecified atom stereocenters. The topological polar surface area (TPSA) is 58.0 Å². The van der Waals surface area contributed by atoms with Crippen molar-refractivity contribution in [1.82, 2.24) is 4.98 Å². The van der Waals surface area contributed by atoms with E-state index in [1.54, 1.807) is 19.3 Å². The molecule has 1 aromatic heterocycles. The van der Waals surface area contributed by atoms with Crippen LogP contribution >= 0.6 is 0 Å². The highest BCUT2D eigenvalue weighted by Gasteiger charge is 2.04. The Hall–Kier alpha value is -2.62. The number of anilines is 1. The van der Waals surface area contributed by atoms with Crippen LogP contribution in [0.3, 0.4) is 0 Å². The summed E-state index contributed by atoms with van der Waals surface area (Å²) in [7, 11) is 0. The van der Waals surface area contributed by atoms with Gasteiger partial charge < -0.3 is 10.1 Å². The fraction of sp³-hybridized carbons (Fsp3) is 0.0667. The van der Waals surface area contributed by atoms with E-state index in [9.17, 15) is 0 Å². The van der Waals surface area contributed by atoms with E-state index in [0.29, 0.717) is 5.76 Å². The summed E-state index contributed by atoms with van der Waals surface area (Å²) in [5, 5.41) is 12.3. The van der Waals surface area contributed by atoms with Gasteiger partial charge in [0.1, 0.15) is 11.6 Å². The van der Waals surface area contributed by atoms with Crippen LogP contribution in [0.15, 0.2) is 49.8 Å². The quantitative estimate of drug-likeness (QED) is 0.495. The van der Waals surface area contributed by atoms with Crippen LogP contribution < -0.4 is 5.32 Å². The molecule has 1 heterocycles. The van der Waals surface area contributed by atoms with E-state index in [2.05, 4.69) is 23.5 Å². The van der Waals surface area contributed by atoms with E-state index < -0.39 is 0 Å². The number of pyridine rings is 1. The number of hydrogen-bond acceptors (Lipinski definition) is 4. The van der Waals surface area contributed by atoms with Crippen LogP contribution in [0, 0.1) is 5.41 Å². The molecule has 2 N–H and O–H groups in total. The van der Waals surface area contributed by atoms with E-state index in [1.807, 2.05) is 24.3 Å². The molecule has 4 nitrogen and oxygen atoms in total. The van der Waals surface area contributed by atoms with Gasteiger partial charge in [0.25, 0.3) is 0 Å². The maximum atomic E-state index is 7.31. The maximum Gasteiger partial charge on any atom is 0.184 e. The van der Waals surface area contributed by atoms with Crippen molar-refractivity contribution >= 4 is 28.2 Å². The van der Waals surface area contributed by atoms with Crippen molar-refractivity contribution in [2.75, 3.05) is 5.32 Å². The Balaban J connectivity index is 2.40. The number of nitrogens with one attached hydrogen (secondary N) is 2. The molecule has 0 radical (unpaired) electrons. The molecule has 0 saturated heterocycles. The molecule has 0 spiro atoms. The van der Waals surface area contributed by atoms with Crippen molar-refractivity contribution in [3.63, 3.8) is 0 Å². The molecule has 2 rings (SSSR count). The highest BCUT2D eigenvalue weighted by Crippen LogP contribution is 2.22. The third kappa shape index (κ3) is 2.98. The molecule has 0 amide bonds. The SMILES string of the molecule is C=CNc1cc2cc(C(=C)OC(C)=N)ccc2cn1. The highest BCUT2D eigenvalue weighted by atomic mass is 16.5. The van der Waals surface area contributed by atoms with Crippen molar-refractivity contribution < 1.29 is 4.74 Å². The number of aromatic nitrogens is 1. The summed E-state index contributed by atoms with van der Waals surface area (Å²) in [4.78, 5) is 4.25. The first-order valence-corrected chi connectivity index (χ1v) is 5.79. The Bertz CT molecular complexity index is 661. The summed E-state index contributed by atoms with van der Waals surface area (Å²) in [5.74, 6) is 1.31. The average molecular weight is 253 g/mol. The third-order valence-corrected chi connectivity index (χ3v) is 2.57. The molecule has 4 heteroatoms. The third-order valence-electron chi connectivity index (χ3n) is 2.57. The van der Waals surface area contributed by atoms with Gasteiger partial charge in [0.05, 0.1) is 0 Å². The van der Waals surface area contributed by atoms with Gasteiger partial charge in [-0.2, -0.15) is 0 Å². The number of nitrogens with zero attached hydrogens (tertiary/aromatic N) is 1. The van der Waals surface area contributed by atoms with Gasteiger partial charge >= 0.3 is 0 Å². The molecule has 1 aromatic carbocycles. The standard InChI is InChI=1S/C15H15N3O/c1-4-17-15-8-14-7-12(10(2)19-11(3)16)5-6-13(14)9-18-15/h4-9,16H,1-2H2,3H3,(H,17,18). The van der Waals surface area contributed by atoms with Gasteiger partial charge in [-0.05, 0) is 23.7 Å². The Morgan fingerprint density at radius 3 is 2.84 bits per heavy atom. The van der Waals surface area contributed by atoms with Gasteiger partial charge in [0.15, 0.2) is 5.90 Å². The monoisotopic (exact) mass is 253 g/mol. The minimum Gasteiger partial charge on any atom is -0.444 e. The second-order valence-corrected chi connectivity index (χ2v) is 4.06. The number of benzene rings is 1. The number of fused-ring (bicyclic) bond motifs is 1. The first kappa shape index (κ1) is 12.8. The molecule has 96 valence electrons. The van der Waals surface area contributed by atoms with Gasteiger partial charge in [-0.25, -0.2) is 4.98 Å². The Labute approximate surface area is 111 Å². The zero-order valence-electron chi connectivity index (χ0n) is 10.7.